The van der Waals surface area contributed by atoms with Crippen LogP contribution in [0.15, 0.2) is 0 Å². The van der Waals surface area contributed by atoms with Gasteiger partial charge >= 0.3 is 0 Å². The Morgan fingerprint density at radius 1 is 1.20 bits per heavy atom. The molecule has 1 fully saturated rings. The lowest BCUT2D eigenvalue weighted by Crippen LogP contribution is -2.27. The number of rotatable bonds is 6. The number of hydrogen-bond acceptors (Lipinski definition) is 2. The maximum Gasteiger partial charge on any atom is 0.0468 e. The molecule has 90 valence electrons. The predicted octanol–water partition coefficient (Wildman–Crippen LogP) is 2.68. The minimum Gasteiger partial charge on any atom is -0.381 e. The second kappa shape index (κ2) is 7.24. The summed E-state index contributed by atoms with van der Waals surface area (Å²) in [5, 5.41) is 3.44. The molecule has 0 spiro atoms. The van der Waals surface area contributed by atoms with Crippen LogP contribution >= 0.6 is 0 Å². The van der Waals surface area contributed by atoms with Gasteiger partial charge in [0.15, 0.2) is 0 Å². The van der Waals surface area contributed by atoms with Crippen LogP contribution in [-0.4, -0.2) is 26.3 Å². The first kappa shape index (κ1) is 13.0. The Bertz CT molecular complexity index is 155. The minimum absolute atomic E-state index is 0.799. The highest BCUT2D eigenvalue weighted by Crippen LogP contribution is 2.26. The van der Waals surface area contributed by atoms with Crippen LogP contribution in [0, 0.1) is 17.8 Å². The minimum atomic E-state index is 0.799. The van der Waals surface area contributed by atoms with Gasteiger partial charge in [0.1, 0.15) is 0 Å². The summed E-state index contributed by atoms with van der Waals surface area (Å²) >= 11 is 0. The molecule has 1 aliphatic rings. The van der Waals surface area contributed by atoms with Crippen molar-refractivity contribution < 1.29 is 4.74 Å². The molecule has 0 bridgehead atoms. The van der Waals surface area contributed by atoms with E-state index in [0.717, 1.165) is 37.5 Å². The van der Waals surface area contributed by atoms with Crippen LogP contribution in [0.3, 0.4) is 0 Å². The lowest BCUT2D eigenvalue weighted by atomic mass is 9.83. The maximum absolute atomic E-state index is 5.39. The average molecular weight is 213 g/mol. The van der Waals surface area contributed by atoms with Crippen molar-refractivity contribution in [2.24, 2.45) is 17.8 Å². The van der Waals surface area contributed by atoms with Crippen LogP contribution in [0.25, 0.3) is 0 Å². The van der Waals surface area contributed by atoms with E-state index in [1.807, 2.05) is 0 Å². The molecule has 0 saturated carbocycles. The van der Waals surface area contributed by atoms with E-state index < -0.39 is 0 Å². The lowest BCUT2D eigenvalue weighted by Gasteiger charge is -2.28. The van der Waals surface area contributed by atoms with Crippen molar-refractivity contribution in [3.8, 4) is 0 Å². The molecule has 1 rings (SSSR count). The van der Waals surface area contributed by atoms with Crippen molar-refractivity contribution in [3.05, 3.63) is 0 Å². The number of nitrogens with one attached hydrogen (secondary N) is 1. The molecule has 1 aliphatic heterocycles. The largest absolute Gasteiger partial charge is 0.381 e. The van der Waals surface area contributed by atoms with Gasteiger partial charge in [-0.2, -0.15) is 0 Å². The highest BCUT2D eigenvalue weighted by molar-refractivity contribution is 4.71. The van der Waals surface area contributed by atoms with Crippen LogP contribution in [-0.2, 0) is 4.74 Å². The Kier molecular flexibility index (Phi) is 6.26. The number of hydrogen-bond donors (Lipinski definition) is 1. The second-order valence-corrected chi connectivity index (χ2v) is 5.05. The SMILES string of the molecule is CCNCC(C)C(C)CC1CCOCC1. The smallest absolute Gasteiger partial charge is 0.0468 e. The molecule has 1 N–H and O–H groups in total. The van der Waals surface area contributed by atoms with Gasteiger partial charge in [0.2, 0.25) is 0 Å². The Morgan fingerprint density at radius 2 is 1.87 bits per heavy atom. The molecule has 0 radical (unpaired) electrons. The van der Waals surface area contributed by atoms with E-state index >= 15 is 0 Å². The molecule has 2 nitrogen and oxygen atoms in total. The summed E-state index contributed by atoms with van der Waals surface area (Å²) < 4.78 is 5.39. The standard InChI is InChI=1S/C13H27NO/c1-4-14-10-12(3)11(2)9-13-5-7-15-8-6-13/h11-14H,4-10H2,1-3H3. The summed E-state index contributed by atoms with van der Waals surface area (Å²) in [4.78, 5) is 0. The summed E-state index contributed by atoms with van der Waals surface area (Å²) in [5.41, 5.74) is 0. The third kappa shape index (κ3) is 4.98. The van der Waals surface area contributed by atoms with Gasteiger partial charge in [0.05, 0.1) is 0 Å². The Morgan fingerprint density at radius 3 is 2.47 bits per heavy atom. The zero-order chi connectivity index (χ0) is 11.1. The molecule has 2 heteroatoms. The molecule has 2 unspecified atom stereocenters. The van der Waals surface area contributed by atoms with Gasteiger partial charge in [-0.15, -0.1) is 0 Å². The fourth-order valence-electron chi connectivity index (χ4n) is 2.31. The van der Waals surface area contributed by atoms with Gasteiger partial charge in [-0.1, -0.05) is 20.8 Å². The van der Waals surface area contributed by atoms with Crippen molar-refractivity contribution in [1.82, 2.24) is 5.32 Å². The molecule has 15 heavy (non-hydrogen) atoms. The van der Waals surface area contributed by atoms with Crippen molar-refractivity contribution in [3.63, 3.8) is 0 Å². The maximum atomic E-state index is 5.39. The molecule has 1 heterocycles. The average Bonchev–Trinajstić information content (AvgIpc) is 2.27. The summed E-state index contributed by atoms with van der Waals surface area (Å²) in [6.07, 6.45) is 3.94. The van der Waals surface area contributed by atoms with Crippen molar-refractivity contribution in [2.45, 2.75) is 40.0 Å². The van der Waals surface area contributed by atoms with Crippen LogP contribution in [0.5, 0.6) is 0 Å². The molecular weight excluding hydrogens is 186 g/mol. The first-order chi connectivity index (χ1) is 7.24. The normalized spacial score (nSPS) is 22.6. The predicted molar refractivity (Wildman–Crippen MR) is 65.0 cm³/mol. The van der Waals surface area contributed by atoms with E-state index in [0.29, 0.717) is 0 Å². The quantitative estimate of drug-likeness (QED) is 0.732. The molecule has 0 amide bonds. The van der Waals surface area contributed by atoms with Crippen LogP contribution in [0.4, 0.5) is 0 Å². The second-order valence-electron chi connectivity index (χ2n) is 5.05. The van der Waals surface area contributed by atoms with E-state index in [1.165, 1.54) is 25.8 Å². The summed E-state index contributed by atoms with van der Waals surface area (Å²) in [6, 6.07) is 0. The van der Waals surface area contributed by atoms with E-state index in [9.17, 15) is 0 Å². The lowest BCUT2D eigenvalue weighted by molar-refractivity contribution is 0.0565. The first-order valence-corrected chi connectivity index (χ1v) is 6.52. The highest BCUT2D eigenvalue weighted by Gasteiger charge is 2.19. The molecule has 0 aromatic rings. The Hall–Kier alpha value is -0.0800. The zero-order valence-corrected chi connectivity index (χ0v) is 10.6. The van der Waals surface area contributed by atoms with Gasteiger partial charge in [-0.25, -0.2) is 0 Å². The van der Waals surface area contributed by atoms with Crippen LogP contribution in [0.1, 0.15) is 40.0 Å². The zero-order valence-electron chi connectivity index (χ0n) is 10.6. The number of ether oxygens (including phenoxy) is 1. The molecule has 0 aromatic carbocycles. The summed E-state index contributed by atoms with van der Waals surface area (Å²) in [7, 11) is 0. The third-order valence-corrected chi connectivity index (χ3v) is 3.73. The van der Waals surface area contributed by atoms with E-state index in [2.05, 4.69) is 26.1 Å². The third-order valence-electron chi connectivity index (χ3n) is 3.73. The summed E-state index contributed by atoms with van der Waals surface area (Å²) in [6.45, 7) is 11.2. The Balaban J connectivity index is 2.17. The van der Waals surface area contributed by atoms with Crippen molar-refractivity contribution >= 4 is 0 Å². The van der Waals surface area contributed by atoms with Gasteiger partial charge in [0.25, 0.3) is 0 Å². The molecule has 2 atom stereocenters. The van der Waals surface area contributed by atoms with E-state index in [4.69, 9.17) is 4.74 Å². The van der Waals surface area contributed by atoms with Gasteiger partial charge < -0.3 is 10.1 Å². The summed E-state index contributed by atoms with van der Waals surface area (Å²) in [5.74, 6) is 2.55. The van der Waals surface area contributed by atoms with E-state index in [-0.39, 0.29) is 0 Å². The topological polar surface area (TPSA) is 21.3 Å². The van der Waals surface area contributed by atoms with Crippen molar-refractivity contribution in [1.29, 1.82) is 0 Å². The van der Waals surface area contributed by atoms with Gasteiger partial charge in [-0.05, 0) is 50.1 Å². The molecule has 1 saturated heterocycles. The molecule has 0 aromatic heterocycles. The van der Waals surface area contributed by atoms with Crippen LogP contribution in [0.2, 0.25) is 0 Å². The Labute approximate surface area is 94.8 Å². The fourth-order valence-corrected chi connectivity index (χ4v) is 2.31. The van der Waals surface area contributed by atoms with E-state index in [1.54, 1.807) is 0 Å². The first-order valence-electron chi connectivity index (χ1n) is 6.52. The molecular formula is C13H27NO. The molecule has 0 aliphatic carbocycles. The highest BCUT2D eigenvalue weighted by atomic mass is 16.5. The van der Waals surface area contributed by atoms with Gasteiger partial charge in [-0.3, -0.25) is 0 Å². The van der Waals surface area contributed by atoms with Crippen molar-refractivity contribution in [2.75, 3.05) is 26.3 Å². The van der Waals surface area contributed by atoms with Crippen LogP contribution < -0.4 is 5.32 Å². The fraction of sp³-hybridized carbons (Fsp3) is 1.00. The monoisotopic (exact) mass is 213 g/mol. The van der Waals surface area contributed by atoms with Gasteiger partial charge in [0, 0.05) is 13.2 Å².